The van der Waals surface area contributed by atoms with Crippen LogP contribution in [-0.4, -0.2) is 35.3 Å². The van der Waals surface area contributed by atoms with Crippen molar-refractivity contribution in [2.75, 3.05) is 6.61 Å². The zero-order chi connectivity index (χ0) is 18.2. The van der Waals surface area contributed by atoms with Gasteiger partial charge in [0, 0.05) is 18.8 Å². The van der Waals surface area contributed by atoms with Crippen LogP contribution in [0.1, 0.15) is 31.9 Å². The van der Waals surface area contributed by atoms with E-state index in [9.17, 15) is 9.59 Å². The van der Waals surface area contributed by atoms with Gasteiger partial charge in [-0.15, -0.1) is 0 Å². The number of carbonyl (C=O) groups excluding carboxylic acids is 2. The lowest BCUT2D eigenvalue weighted by atomic mass is 10.0. The first-order chi connectivity index (χ1) is 11.3. The summed E-state index contributed by atoms with van der Waals surface area (Å²) in [5, 5.41) is 20.0. The standard InChI is InChI=1S/C16H18N4O4/c1-16(2,3)24-15(22)20-13(14(21)23-7-5-17)8-12-10-19-6-4-11(12)9-18/h4,6,10,13H,7-8H2,1-3H3,(H,20,22)/t13-/m0/s1. The first-order valence-corrected chi connectivity index (χ1v) is 7.13. The Morgan fingerprint density at radius 1 is 1.38 bits per heavy atom. The van der Waals surface area contributed by atoms with Crippen LogP contribution in [0, 0.1) is 22.7 Å². The van der Waals surface area contributed by atoms with Gasteiger partial charge in [-0.1, -0.05) is 0 Å². The third-order valence-electron chi connectivity index (χ3n) is 2.70. The molecule has 0 saturated heterocycles. The highest BCUT2D eigenvalue weighted by Crippen LogP contribution is 2.11. The van der Waals surface area contributed by atoms with Crippen molar-refractivity contribution in [3.63, 3.8) is 0 Å². The number of aromatic nitrogens is 1. The van der Waals surface area contributed by atoms with Crippen LogP contribution in [0.15, 0.2) is 18.5 Å². The van der Waals surface area contributed by atoms with E-state index in [1.165, 1.54) is 18.5 Å². The molecule has 8 heteroatoms. The lowest BCUT2D eigenvalue weighted by molar-refractivity contribution is -0.144. The Hall–Kier alpha value is -3.13. The van der Waals surface area contributed by atoms with Crippen molar-refractivity contribution < 1.29 is 19.1 Å². The monoisotopic (exact) mass is 330 g/mol. The number of nitrogens with one attached hydrogen (secondary N) is 1. The fraction of sp³-hybridized carbons (Fsp3) is 0.438. The normalized spacial score (nSPS) is 11.5. The summed E-state index contributed by atoms with van der Waals surface area (Å²) in [7, 11) is 0. The van der Waals surface area contributed by atoms with Crippen LogP contribution in [-0.2, 0) is 20.7 Å². The van der Waals surface area contributed by atoms with Crippen LogP contribution in [0.25, 0.3) is 0 Å². The number of nitriles is 2. The molecule has 126 valence electrons. The predicted octanol–water partition coefficient (Wildman–Crippen LogP) is 1.46. The van der Waals surface area contributed by atoms with Gasteiger partial charge in [-0.05, 0) is 32.4 Å². The number of rotatable bonds is 5. The molecule has 0 saturated carbocycles. The molecule has 0 spiro atoms. The van der Waals surface area contributed by atoms with Crippen LogP contribution in [0.4, 0.5) is 4.79 Å². The van der Waals surface area contributed by atoms with Gasteiger partial charge in [-0.2, -0.15) is 10.5 Å². The number of esters is 1. The van der Waals surface area contributed by atoms with Crippen molar-refractivity contribution in [3.05, 3.63) is 29.6 Å². The smallest absolute Gasteiger partial charge is 0.408 e. The fourth-order valence-electron chi connectivity index (χ4n) is 1.77. The van der Waals surface area contributed by atoms with E-state index in [0.29, 0.717) is 11.1 Å². The van der Waals surface area contributed by atoms with Gasteiger partial charge >= 0.3 is 12.1 Å². The van der Waals surface area contributed by atoms with Gasteiger partial charge in [0.05, 0.1) is 11.6 Å². The molecule has 1 aromatic heterocycles. The second kappa shape index (κ2) is 8.49. The molecule has 8 nitrogen and oxygen atoms in total. The SMILES string of the molecule is CC(C)(C)OC(=O)N[C@@H](Cc1cnccc1C#N)C(=O)OCC#N. The zero-order valence-electron chi connectivity index (χ0n) is 13.7. The topological polar surface area (TPSA) is 125 Å². The maximum Gasteiger partial charge on any atom is 0.408 e. The molecule has 1 heterocycles. The van der Waals surface area contributed by atoms with Crippen molar-refractivity contribution >= 4 is 12.1 Å². The molecule has 0 radical (unpaired) electrons. The molecule has 1 rings (SSSR count). The van der Waals surface area contributed by atoms with Crippen molar-refractivity contribution in [3.8, 4) is 12.1 Å². The number of pyridine rings is 1. The molecule has 0 aliphatic rings. The molecule has 1 N–H and O–H groups in total. The third kappa shape index (κ3) is 6.32. The Morgan fingerprint density at radius 3 is 2.67 bits per heavy atom. The molecule has 1 aromatic rings. The van der Waals surface area contributed by atoms with E-state index in [2.05, 4.69) is 10.3 Å². The lowest BCUT2D eigenvalue weighted by Crippen LogP contribution is -2.45. The quantitative estimate of drug-likeness (QED) is 0.810. The van der Waals surface area contributed by atoms with E-state index in [-0.39, 0.29) is 6.42 Å². The van der Waals surface area contributed by atoms with E-state index in [0.717, 1.165) is 0 Å². The summed E-state index contributed by atoms with van der Waals surface area (Å²) in [6.45, 7) is 4.61. The highest BCUT2D eigenvalue weighted by molar-refractivity contribution is 5.82. The fourth-order valence-corrected chi connectivity index (χ4v) is 1.77. The maximum atomic E-state index is 12.1. The van der Waals surface area contributed by atoms with Crippen molar-refractivity contribution in [2.24, 2.45) is 0 Å². The lowest BCUT2D eigenvalue weighted by Gasteiger charge is -2.22. The van der Waals surface area contributed by atoms with Gasteiger partial charge in [-0.25, -0.2) is 9.59 Å². The minimum Gasteiger partial charge on any atom is -0.449 e. The van der Waals surface area contributed by atoms with Gasteiger partial charge in [0.1, 0.15) is 17.7 Å². The Morgan fingerprint density at radius 2 is 2.08 bits per heavy atom. The molecule has 0 aliphatic heterocycles. The number of nitrogens with zero attached hydrogens (tertiary/aromatic N) is 3. The molecule has 0 bridgehead atoms. The highest BCUT2D eigenvalue weighted by atomic mass is 16.6. The van der Waals surface area contributed by atoms with Crippen LogP contribution in [0.3, 0.4) is 0 Å². The Labute approximate surface area is 140 Å². The largest absolute Gasteiger partial charge is 0.449 e. The van der Waals surface area contributed by atoms with Gasteiger partial charge in [-0.3, -0.25) is 4.98 Å². The van der Waals surface area contributed by atoms with Crippen molar-refractivity contribution in [2.45, 2.75) is 38.8 Å². The minimum absolute atomic E-state index is 0.0137. The average molecular weight is 330 g/mol. The van der Waals surface area contributed by atoms with Gasteiger partial charge in [0.15, 0.2) is 6.61 Å². The second-order valence-electron chi connectivity index (χ2n) is 5.81. The van der Waals surface area contributed by atoms with E-state index in [1.54, 1.807) is 26.8 Å². The van der Waals surface area contributed by atoms with E-state index in [1.807, 2.05) is 6.07 Å². The van der Waals surface area contributed by atoms with Crippen LogP contribution >= 0.6 is 0 Å². The number of carbonyl (C=O) groups is 2. The summed E-state index contributed by atoms with van der Waals surface area (Å²) in [5.74, 6) is -0.796. The van der Waals surface area contributed by atoms with E-state index < -0.39 is 30.3 Å². The summed E-state index contributed by atoms with van der Waals surface area (Å²) >= 11 is 0. The van der Waals surface area contributed by atoms with Crippen molar-refractivity contribution in [1.82, 2.24) is 10.3 Å². The number of amides is 1. The highest BCUT2D eigenvalue weighted by Gasteiger charge is 2.26. The van der Waals surface area contributed by atoms with E-state index >= 15 is 0 Å². The van der Waals surface area contributed by atoms with Crippen LogP contribution < -0.4 is 5.32 Å². The molecule has 0 aromatic carbocycles. The van der Waals surface area contributed by atoms with Crippen molar-refractivity contribution in [1.29, 1.82) is 10.5 Å². The maximum absolute atomic E-state index is 12.1. The second-order valence-corrected chi connectivity index (χ2v) is 5.81. The Balaban J connectivity index is 2.93. The molecule has 1 atom stereocenters. The van der Waals surface area contributed by atoms with Crippen LogP contribution in [0.2, 0.25) is 0 Å². The molecule has 0 unspecified atom stereocenters. The predicted molar refractivity (Wildman–Crippen MR) is 82.4 cm³/mol. The van der Waals surface area contributed by atoms with E-state index in [4.69, 9.17) is 20.0 Å². The third-order valence-corrected chi connectivity index (χ3v) is 2.70. The van der Waals surface area contributed by atoms with Gasteiger partial charge in [0.2, 0.25) is 0 Å². The van der Waals surface area contributed by atoms with Crippen LogP contribution in [0.5, 0.6) is 0 Å². The summed E-state index contributed by atoms with van der Waals surface area (Å²) < 4.78 is 9.87. The molecule has 1 amide bonds. The van der Waals surface area contributed by atoms with Gasteiger partial charge < -0.3 is 14.8 Å². The summed E-state index contributed by atoms with van der Waals surface area (Å²) in [6, 6.07) is 4.06. The number of alkyl carbamates (subject to hydrolysis) is 1. The first kappa shape index (κ1) is 18.9. The summed E-state index contributed by atoms with van der Waals surface area (Å²) in [6.07, 6.45) is 2.07. The average Bonchev–Trinajstić information content (AvgIpc) is 2.50. The number of ether oxygens (including phenoxy) is 2. The molecule has 0 aliphatic carbocycles. The zero-order valence-corrected chi connectivity index (χ0v) is 13.7. The molecule has 0 fully saturated rings. The number of hydrogen-bond donors (Lipinski definition) is 1. The molecular weight excluding hydrogens is 312 g/mol. The Kier molecular flexibility index (Phi) is 6.69. The molecular formula is C16H18N4O4. The Bertz CT molecular complexity index is 683. The first-order valence-electron chi connectivity index (χ1n) is 7.13. The number of hydrogen-bond acceptors (Lipinski definition) is 7. The summed E-state index contributed by atoms with van der Waals surface area (Å²) in [5.41, 5.74) is 0.0566. The van der Waals surface area contributed by atoms with Gasteiger partial charge in [0.25, 0.3) is 0 Å². The molecule has 24 heavy (non-hydrogen) atoms. The minimum atomic E-state index is -1.11. The summed E-state index contributed by atoms with van der Waals surface area (Å²) in [4.78, 5) is 27.9.